The molecule has 1 N–H and O–H groups in total. The van der Waals surface area contributed by atoms with Crippen LogP contribution in [-0.4, -0.2) is 36.3 Å². The highest BCUT2D eigenvalue weighted by Gasteiger charge is 2.26. The van der Waals surface area contributed by atoms with Crippen molar-refractivity contribution >= 4 is 38.4 Å². The van der Waals surface area contributed by atoms with Gasteiger partial charge in [0.15, 0.2) is 0 Å². The number of nitrogens with zero attached hydrogens (tertiary/aromatic N) is 2. The molecule has 0 radical (unpaired) electrons. The maximum absolute atomic E-state index is 13.0. The Bertz CT molecular complexity index is 1200. The number of halogens is 1. The fourth-order valence-electron chi connectivity index (χ4n) is 4.00. The van der Waals surface area contributed by atoms with Crippen LogP contribution in [0.2, 0.25) is 5.02 Å². The molecule has 164 valence electrons. The minimum absolute atomic E-state index is 0.123. The normalized spacial score (nSPS) is 16.3. The van der Waals surface area contributed by atoms with E-state index >= 15 is 0 Å². The number of carbonyl (C=O) groups is 1. The Morgan fingerprint density at radius 1 is 1.10 bits per heavy atom. The van der Waals surface area contributed by atoms with Crippen molar-refractivity contribution in [3.05, 3.63) is 65.3 Å². The van der Waals surface area contributed by atoms with Crippen molar-refractivity contribution in [3.8, 4) is 0 Å². The second-order valence-electron chi connectivity index (χ2n) is 7.93. The largest absolute Gasteiger partial charge is 0.350 e. The average molecular weight is 460 g/mol. The highest BCUT2D eigenvalue weighted by atomic mass is 35.5. The maximum atomic E-state index is 13.0. The van der Waals surface area contributed by atoms with Crippen LogP contribution < -0.4 is 5.32 Å². The molecule has 1 amide bonds. The molecule has 2 aromatic carbocycles. The number of sulfonamides is 1. The SMILES string of the molecule is C[C@@H](C(=O)NCc1cccc(Cl)c1)n1ccc2cc(S(=O)(=O)N3CCCCC3)ccc21. The minimum atomic E-state index is -3.49. The maximum Gasteiger partial charge on any atom is 0.243 e. The molecule has 1 fully saturated rings. The third-order valence-corrected chi connectivity index (χ3v) is 7.93. The van der Waals surface area contributed by atoms with Gasteiger partial charge >= 0.3 is 0 Å². The molecule has 0 saturated carbocycles. The summed E-state index contributed by atoms with van der Waals surface area (Å²) < 4.78 is 29.4. The van der Waals surface area contributed by atoms with Crippen molar-refractivity contribution < 1.29 is 13.2 Å². The molecule has 1 aromatic heterocycles. The summed E-state index contributed by atoms with van der Waals surface area (Å²) in [4.78, 5) is 13.0. The van der Waals surface area contributed by atoms with Gasteiger partial charge in [0, 0.05) is 41.8 Å². The number of amides is 1. The van der Waals surface area contributed by atoms with E-state index in [0.717, 1.165) is 35.7 Å². The Morgan fingerprint density at radius 3 is 2.61 bits per heavy atom. The molecule has 31 heavy (non-hydrogen) atoms. The molecule has 0 spiro atoms. The lowest BCUT2D eigenvalue weighted by Crippen LogP contribution is -2.35. The van der Waals surface area contributed by atoms with E-state index in [1.807, 2.05) is 42.0 Å². The molecule has 0 bridgehead atoms. The number of carbonyl (C=O) groups excluding carboxylic acids is 1. The fraction of sp³-hybridized carbons (Fsp3) is 0.348. The van der Waals surface area contributed by atoms with Crippen molar-refractivity contribution in [1.29, 1.82) is 0 Å². The van der Waals surface area contributed by atoms with Crippen LogP contribution in [0.15, 0.2) is 59.6 Å². The fourth-order valence-corrected chi connectivity index (χ4v) is 5.77. The first-order chi connectivity index (χ1) is 14.9. The summed E-state index contributed by atoms with van der Waals surface area (Å²) in [6.45, 7) is 3.36. The number of benzene rings is 2. The van der Waals surface area contributed by atoms with Gasteiger partial charge in [0.05, 0.1) is 4.90 Å². The number of rotatable bonds is 6. The highest BCUT2D eigenvalue weighted by molar-refractivity contribution is 7.89. The van der Waals surface area contributed by atoms with Crippen LogP contribution in [0.25, 0.3) is 10.9 Å². The van der Waals surface area contributed by atoms with Crippen LogP contribution in [0.3, 0.4) is 0 Å². The Morgan fingerprint density at radius 2 is 1.87 bits per heavy atom. The van der Waals surface area contributed by atoms with Gasteiger partial charge in [-0.25, -0.2) is 8.42 Å². The van der Waals surface area contributed by atoms with E-state index in [1.165, 1.54) is 0 Å². The molecule has 6 nitrogen and oxygen atoms in total. The zero-order valence-corrected chi connectivity index (χ0v) is 19.0. The van der Waals surface area contributed by atoms with Crippen molar-refractivity contribution in [2.24, 2.45) is 0 Å². The van der Waals surface area contributed by atoms with Crippen molar-refractivity contribution in [1.82, 2.24) is 14.2 Å². The van der Waals surface area contributed by atoms with Crippen molar-refractivity contribution in [2.45, 2.75) is 43.7 Å². The van der Waals surface area contributed by atoms with E-state index < -0.39 is 16.1 Å². The van der Waals surface area contributed by atoms with Crippen molar-refractivity contribution in [3.63, 3.8) is 0 Å². The standard InChI is InChI=1S/C23H26ClN3O3S/c1-17(23(28)25-16-18-6-5-7-20(24)14-18)27-13-10-19-15-21(8-9-22(19)27)31(29,30)26-11-3-2-4-12-26/h5-10,13-15,17H,2-4,11-12,16H2,1H3,(H,25,28)/t17-/m0/s1. The first kappa shape index (κ1) is 21.9. The second-order valence-corrected chi connectivity index (χ2v) is 10.3. The molecule has 1 aliphatic rings. The number of nitrogens with one attached hydrogen (secondary N) is 1. The number of hydrogen-bond donors (Lipinski definition) is 1. The van der Waals surface area contributed by atoms with Crippen LogP contribution in [0, 0.1) is 0 Å². The van der Waals surface area contributed by atoms with Crippen LogP contribution in [0.5, 0.6) is 0 Å². The van der Waals surface area contributed by atoms with Crippen molar-refractivity contribution in [2.75, 3.05) is 13.1 Å². The molecule has 0 unspecified atom stereocenters. The van der Waals surface area contributed by atoms with Gasteiger partial charge in [-0.05, 0) is 61.7 Å². The number of aromatic nitrogens is 1. The van der Waals surface area contributed by atoms with Crippen LogP contribution in [0.4, 0.5) is 0 Å². The molecule has 3 aromatic rings. The second kappa shape index (κ2) is 9.02. The van der Waals surface area contributed by atoms with Gasteiger partial charge in [0.2, 0.25) is 15.9 Å². The van der Waals surface area contributed by atoms with Crippen LogP contribution >= 0.6 is 11.6 Å². The molecule has 2 heterocycles. The molecule has 0 aliphatic carbocycles. The Labute approximate surface area is 187 Å². The predicted molar refractivity (Wildman–Crippen MR) is 123 cm³/mol. The van der Waals surface area contributed by atoms with Gasteiger partial charge in [-0.15, -0.1) is 0 Å². The molecule has 4 rings (SSSR count). The molecular weight excluding hydrogens is 434 g/mol. The lowest BCUT2D eigenvalue weighted by atomic mass is 10.2. The van der Waals surface area contributed by atoms with E-state index in [-0.39, 0.29) is 5.91 Å². The lowest BCUT2D eigenvalue weighted by Gasteiger charge is -2.26. The first-order valence-corrected chi connectivity index (χ1v) is 12.3. The van der Waals surface area contributed by atoms with E-state index in [2.05, 4.69) is 5.32 Å². The molecule has 8 heteroatoms. The van der Waals surface area contributed by atoms with E-state index in [0.29, 0.717) is 29.6 Å². The van der Waals surface area contributed by atoms with Gasteiger partial charge in [0.1, 0.15) is 6.04 Å². The number of piperidine rings is 1. The van der Waals surface area contributed by atoms with Gasteiger partial charge in [-0.2, -0.15) is 4.31 Å². The zero-order chi connectivity index (χ0) is 22.0. The van der Waals surface area contributed by atoms with Gasteiger partial charge in [-0.3, -0.25) is 4.79 Å². The van der Waals surface area contributed by atoms with E-state index in [1.54, 1.807) is 28.6 Å². The summed E-state index contributed by atoms with van der Waals surface area (Å²) in [7, 11) is -3.49. The number of hydrogen-bond acceptors (Lipinski definition) is 3. The summed E-state index contributed by atoms with van der Waals surface area (Å²) >= 11 is 6.00. The summed E-state index contributed by atoms with van der Waals surface area (Å²) in [6.07, 6.45) is 4.70. The van der Waals surface area contributed by atoms with Gasteiger partial charge < -0.3 is 9.88 Å². The highest BCUT2D eigenvalue weighted by Crippen LogP contribution is 2.26. The zero-order valence-electron chi connectivity index (χ0n) is 17.4. The summed E-state index contributed by atoms with van der Waals surface area (Å²) in [6, 6.07) is 13.9. The Balaban J connectivity index is 1.51. The third kappa shape index (κ3) is 4.63. The monoisotopic (exact) mass is 459 g/mol. The lowest BCUT2D eigenvalue weighted by molar-refractivity contribution is -0.123. The van der Waals surface area contributed by atoms with E-state index in [9.17, 15) is 13.2 Å². The summed E-state index contributed by atoms with van der Waals surface area (Å²) in [5.74, 6) is -0.123. The first-order valence-electron chi connectivity index (χ1n) is 10.5. The summed E-state index contributed by atoms with van der Waals surface area (Å²) in [5.41, 5.74) is 1.75. The molecule has 1 aliphatic heterocycles. The molecule has 1 atom stereocenters. The average Bonchev–Trinajstić information content (AvgIpc) is 3.21. The van der Waals surface area contributed by atoms with Gasteiger partial charge in [-0.1, -0.05) is 30.2 Å². The number of fused-ring (bicyclic) bond motifs is 1. The van der Waals surface area contributed by atoms with Crippen LogP contribution in [0.1, 0.15) is 37.8 Å². The topological polar surface area (TPSA) is 71.4 Å². The summed E-state index contributed by atoms with van der Waals surface area (Å²) in [5, 5.41) is 4.37. The van der Waals surface area contributed by atoms with E-state index in [4.69, 9.17) is 11.6 Å². The van der Waals surface area contributed by atoms with Gasteiger partial charge in [0.25, 0.3) is 0 Å². The predicted octanol–water partition coefficient (Wildman–Crippen LogP) is 4.35. The molecular formula is C23H26ClN3O3S. The minimum Gasteiger partial charge on any atom is -0.350 e. The smallest absolute Gasteiger partial charge is 0.243 e. The molecule has 1 saturated heterocycles. The Kier molecular flexibility index (Phi) is 6.36. The van der Waals surface area contributed by atoms with Crippen LogP contribution in [-0.2, 0) is 21.4 Å². The third-order valence-electron chi connectivity index (χ3n) is 5.80. The quantitative estimate of drug-likeness (QED) is 0.595. The Hall–Kier alpha value is -2.35.